The molecule has 0 aliphatic rings. The van der Waals surface area contributed by atoms with E-state index in [1.165, 1.54) is 0 Å². The molecule has 0 aromatic rings. The van der Waals surface area contributed by atoms with Crippen molar-refractivity contribution in [2.75, 3.05) is 33.0 Å². The molecule has 1 atom stereocenters. The van der Waals surface area contributed by atoms with Crippen LogP contribution in [0.2, 0.25) is 0 Å². The van der Waals surface area contributed by atoms with E-state index >= 15 is 0 Å². The summed E-state index contributed by atoms with van der Waals surface area (Å²) < 4.78 is 24.9. The second kappa shape index (κ2) is 18.9. The Bertz CT molecular complexity index is 460. The Hall–Kier alpha value is -0.810. The first-order chi connectivity index (χ1) is 14.4. The van der Waals surface area contributed by atoms with Crippen LogP contribution in [0.4, 0.5) is 0 Å². The van der Waals surface area contributed by atoms with Gasteiger partial charge in [0.15, 0.2) is 6.29 Å². The van der Waals surface area contributed by atoms with Crippen LogP contribution in [0.15, 0.2) is 0 Å². The Kier molecular flexibility index (Phi) is 18.4. The largest absolute Gasteiger partial charge is 0.351 e. The normalized spacial score (nSPS) is 12.7. The molecule has 0 aromatic carbocycles. The third kappa shape index (κ3) is 14.2. The predicted octanol–water partition coefficient (Wildman–Crippen LogP) is 4.35. The lowest BCUT2D eigenvalue weighted by Gasteiger charge is -2.35. The predicted molar refractivity (Wildman–Crippen MR) is 120 cm³/mol. The van der Waals surface area contributed by atoms with E-state index in [0.29, 0.717) is 57.9 Å². The maximum Gasteiger partial charge on any atom is 0.259 e. The quantitative estimate of drug-likeness (QED) is 0.179. The molecule has 0 rings (SSSR count). The molecule has 176 valence electrons. The molecule has 0 bridgehead atoms. The van der Waals surface area contributed by atoms with Crippen molar-refractivity contribution in [1.29, 1.82) is 5.26 Å². The molecule has 8 nitrogen and oxygen atoms in total. The zero-order chi connectivity index (χ0) is 22.8. The monoisotopic (exact) mass is 447 g/mol. The highest BCUT2D eigenvalue weighted by molar-refractivity contribution is 7.44. The number of nitriles is 1. The van der Waals surface area contributed by atoms with E-state index in [9.17, 15) is 4.79 Å². The van der Waals surface area contributed by atoms with Crippen molar-refractivity contribution in [3.8, 4) is 6.07 Å². The summed E-state index contributed by atoms with van der Waals surface area (Å²) in [5.74, 6) is 0.00760. The molecule has 30 heavy (non-hydrogen) atoms. The molecule has 0 saturated heterocycles. The van der Waals surface area contributed by atoms with E-state index in [1.54, 1.807) is 0 Å². The molecule has 0 fully saturated rings. The van der Waals surface area contributed by atoms with E-state index in [0.717, 1.165) is 19.3 Å². The fraction of sp³-hybridized carbons (Fsp3) is 0.905. The molecule has 9 heteroatoms. The Morgan fingerprint density at radius 2 is 1.60 bits per heavy atom. The lowest BCUT2D eigenvalue weighted by molar-refractivity contribution is -0.140. The van der Waals surface area contributed by atoms with Crippen molar-refractivity contribution in [3.63, 3.8) is 0 Å². The van der Waals surface area contributed by atoms with Crippen molar-refractivity contribution in [1.82, 2.24) is 9.99 Å². The number of amides is 1. The fourth-order valence-electron chi connectivity index (χ4n) is 2.84. The summed E-state index contributed by atoms with van der Waals surface area (Å²) >= 11 is 0. The minimum Gasteiger partial charge on any atom is -0.351 e. The molecule has 0 heterocycles. The molecular weight excluding hydrogens is 405 g/mol. The van der Waals surface area contributed by atoms with Crippen molar-refractivity contribution in [2.45, 2.75) is 92.0 Å². The number of unbranched alkanes of at least 4 members (excludes halogenated alkanes) is 2. The lowest BCUT2D eigenvalue weighted by atomic mass is 10.2. The Morgan fingerprint density at radius 1 is 1.00 bits per heavy atom. The summed E-state index contributed by atoms with van der Waals surface area (Å²) in [5, 5.41) is 11.6. The summed E-state index contributed by atoms with van der Waals surface area (Å²) in [7, 11) is -1.19. The number of rotatable bonds is 19. The smallest absolute Gasteiger partial charge is 0.259 e. The van der Waals surface area contributed by atoms with E-state index in [-0.39, 0.29) is 12.2 Å². The van der Waals surface area contributed by atoms with Gasteiger partial charge >= 0.3 is 0 Å². The summed E-state index contributed by atoms with van der Waals surface area (Å²) in [6.45, 7) is 14.7. The second-order valence-corrected chi connectivity index (χ2v) is 8.79. The third-order valence-electron chi connectivity index (χ3n) is 4.08. The number of nitrogens with one attached hydrogen (secondary N) is 1. The number of carbonyl (C=O) groups excluding carboxylic acids is 1. The highest BCUT2D eigenvalue weighted by Crippen LogP contribution is 2.46. The number of carbonyl (C=O) groups is 1. The minimum absolute atomic E-state index is 0.00760. The van der Waals surface area contributed by atoms with Gasteiger partial charge in [0.25, 0.3) is 8.53 Å². The van der Waals surface area contributed by atoms with Gasteiger partial charge in [-0.2, -0.15) is 5.26 Å². The topological polar surface area (TPSA) is 93.1 Å². The van der Waals surface area contributed by atoms with E-state index in [4.69, 9.17) is 23.8 Å². The van der Waals surface area contributed by atoms with Gasteiger partial charge in [-0.15, -0.1) is 0 Å². The van der Waals surface area contributed by atoms with E-state index in [1.807, 2.05) is 13.8 Å². The minimum atomic E-state index is -1.19. The van der Waals surface area contributed by atoms with Crippen LogP contribution in [0.5, 0.6) is 0 Å². The van der Waals surface area contributed by atoms with Crippen LogP contribution >= 0.6 is 8.53 Å². The van der Waals surface area contributed by atoms with Crippen LogP contribution in [0.3, 0.4) is 0 Å². The van der Waals surface area contributed by atoms with Crippen LogP contribution in [0, 0.1) is 11.3 Å². The maximum absolute atomic E-state index is 12.0. The Balaban J connectivity index is 4.17. The van der Waals surface area contributed by atoms with Crippen molar-refractivity contribution < 1.29 is 23.3 Å². The van der Waals surface area contributed by atoms with Crippen LogP contribution in [0.1, 0.15) is 73.6 Å². The zero-order valence-corrected chi connectivity index (χ0v) is 20.6. The number of nitrogens with zero attached hydrogens (tertiary/aromatic N) is 2. The van der Waals surface area contributed by atoms with Gasteiger partial charge in [-0.3, -0.25) is 4.79 Å². The van der Waals surface area contributed by atoms with E-state index in [2.05, 4.69) is 43.8 Å². The first-order valence-electron chi connectivity index (χ1n) is 11.1. The average Bonchev–Trinajstić information content (AvgIpc) is 2.68. The molecule has 0 saturated carbocycles. The molecule has 0 aliphatic carbocycles. The molecule has 1 N–H and O–H groups in total. The summed E-state index contributed by atoms with van der Waals surface area (Å²) in [5.41, 5.74) is 0. The highest BCUT2D eigenvalue weighted by Gasteiger charge is 2.26. The summed E-state index contributed by atoms with van der Waals surface area (Å²) in [6, 6.07) is 2.69. The van der Waals surface area contributed by atoms with Gasteiger partial charge in [0.2, 0.25) is 5.91 Å². The van der Waals surface area contributed by atoms with Crippen LogP contribution in [-0.4, -0.2) is 61.9 Å². The van der Waals surface area contributed by atoms with Gasteiger partial charge in [0, 0.05) is 31.7 Å². The maximum atomic E-state index is 12.0. The molecular formula is C21H42N3O5P. The first kappa shape index (κ1) is 29.2. The second-order valence-electron chi connectivity index (χ2n) is 7.33. The fourth-order valence-corrected chi connectivity index (χ4v) is 4.47. The highest BCUT2D eigenvalue weighted by atomic mass is 31.2. The van der Waals surface area contributed by atoms with Gasteiger partial charge < -0.3 is 23.8 Å². The van der Waals surface area contributed by atoms with Gasteiger partial charge in [-0.1, -0.05) is 6.42 Å². The first-order valence-corrected chi connectivity index (χ1v) is 12.2. The molecule has 0 aromatic heterocycles. The molecule has 0 aliphatic heterocycles. The zero-order valence-electron chi connectivity index (χ0n) is 19.7. The van der Waals surface area contributed by atoms with E-state index < -0.39 is 8.53 Å². The Labute approximate surface area is 184 Å². The van der Waals surface area contributed by atoms with Crippen molar-refractivity contribution in [2.24, 2.45) is 0 Å². The lowest BCUT2D eigenvalue weighted by Crippen LogP contribution is -2.35. The van der Waals surface area contributed by atoms with Crippen molar-refractivity contribution in [3.05, 3.63) is 0 Å². The van der Waals surface area contributed by atoms with Crippen LogP contribution in [0.25, 0.3) is 0 Å². The SMILES string of the molecule is CCOC(CNC(=O)CCCCCOP(OCCC#N)N(C(C)C)C(C)C)OCC. The molecule has 1 amide bonds. The van der Waals surface area contributed by atoms with Crippen molar-refractivity contribution >= 4 is 14.4 Å². The number of hydrogen-bond donors (Lipinski definition) is 1. The number of hydrogen-bond acceptors (Lipinski definition) is 7. The average molecular weight is 448 g/mol. The molecule has 0 radical (unpaired) electrons. The Morgan fingerprint density at radius 3 is 2.13 bits per heavy atom. The van der Waals surface area contributed by atoms with Gasteiger partial charge in [-0.25, -0.2) is 4.67 Å². The standard InChI is InChI=1S/C21H42N3O5P/c1-7-26-21(27-8-2)17-23-20(25)13-10-9-11-15-28-30(29-16-12-14-22)24(18(3)4)19(5)6/h18-19,21H,7-13,15-17H2,1-6H3,(H,23,25). The van der Waals surface area contributed by atoms with Crippen LogP contribution in [-0.2, 0) is 23.3 Å². The third-order valence-corrected chi connectivity index (χ3v) is 6.19. The summed E-state index contributed by atoms with van der Waals surface area (Å²) in [6.07, 6.45) is 3.00. The van der Waals surface area contributed by atoms with Crippen LogP contribution < -0.4 is 5.32 Å². The van der Waals surface area contributed by atoms with Gasteiger partial charge in [0.1, 0.15) is 0 Å². The number of ether oxygens (including phenoxy) is 2. The molecule has 0 spiro atoms. The summed E-state index contributed by atoms with van der Waals surface area (Å²) in [4.78, 5) is 12.0. The molecule has 1 unspecified atom stereocenters. The van der Waals surface area contributed by atoms with Gasteiger partial charge in [-0.05, 0) is 54.4 Å². The van der Waals surface area contributed by atoms with Gasteiger partial charge in [0.05, 0.1) is 32.2 Å².